The Bertz CT molecular complexity index is 102. The third kappa shape index (κ3) is 872. The van der Waals surface area contributed by atoms with Crippen LogP contribution in [-0.2, 0) is 14.4 Å². The van der Waals surface area contributed by atoms with E-state index >= 15 is 0 Å². The molecular formula is C23H73BI5O2SnV2. The summed E-state index contributed by atoms with van der Waals surface area (Å²) in [4.78, 5) is 2.10. The van der Waals surface area contributed by atoms with Crippen LogP contribution in [0.15, 0.2) is 0 Å². The second-order valence-electron chi connectivity index (χ2n) is 1.99. The van der Waals surface area contributed by atoms with Gasteiger partial charge in [0, 0.05) is 0 Å². The monoisotopic (exact) mass is 1250 g/mol. The number of hydrogen-bond acceptors (Lipinski definition) is 2. The van der Waals surface area contributed by atoms with Crippen LogP contribution < -0.4 is 0 Å². The summed E-state index contributed by atoms with van der Waals surface area (Å²) < 4.78 is 1.56. The molecule has 0 bridgehead atoms. The zero-order valence-electron chi connectivity index (χ0n) is 23.2. The van der Waals surface area contributed by atoms with Gasteiger partial charge < -0.3 is 10.0 Å². The number of hydrogen-bond donors (Lipinski definition) is 2. The van der Waals surface area contributed by atoms with Crippen LogP contribution in [0.5, 0.6) is 0 Å². The van der Waals surface area contributed by atoms with Gasteiger partial charge in [-0.3, -0.25) is 0 Å². The van der Waals surface area contributed by atoms with Gasteiger partial charge in [0.15, 0.2) is 0 Å². The van der Waals surface area contributed by atoms with Crippen LogP contribution in [0.2, 0.25) is 16.2 Å². The Hall–Kier alpha value is 5.60. The molecule has 2 nitrogen and oxygen atoms in total. The molecule has 229 valence electrons. The van der Waals surface area contributed by atoms with Gasteiger partial charge in [-0.2, -0.15) is 0 Å². The average molecular weight is 1250 g/mol. The Balaban J connectivity index is -0.00000000908. The molecule has 0 heterocycles. The van der Waals surface area contributed by atoms with Gasteiger partial charge in [-0.05, 0) is 6.82 Å². The summed E-state index contributed by atoms with van der Waals surface area (Å²) in [6.45, 7) is 31.5. The first-order chi connectivity index (χ1) is 14.3. The molecule has 0 aliphatic rings. The topological polar surface area (TPSA) is 40.5 Å². The van der Waals surface area contributed by atoms with E-state index in [2.05, 4.69) is 112 Å². The first kappa shape index (κ1) is 97.5. The fourth-order valence-electron chi connectivity index (χ4n) is 0.250. The average Bonchev–Trinajstić information content (AvgIpc) is 2.78. The molecule has 0 spiro atoms. The van der Waals surface area contributed by atoms with Crippen molar-refractivity contribution in [2.45, 2.75) is 156 Å². The predicted molar refractivity (Wildman–Crippen MR) is 219 cm³/mol. The summed E-state index contributed by atoms with van der Waals surface area (Å²) >= 11 is 12.3. The maximum atomic E-state index is 7.61. The fraction of sp³-hybridized carbons (Fsp3) is 1.00. The van der Waals surface area contributed by atoms with Gasteiger partial charge in [0.05, 0.1) is 0 Å². The molecule has 34 heavy (non-hydrogen) atoms. The van der Waals surface area contributed by atoms with Crippen molar-refractivity contribution < 1.29 is 24.4 Å². The molecule has 0 amide bonds. The van der Waals surface area contributed by atoms with Crippen molar-refractivity contribution >= 4 is 128 Å². The first-order valence-corrected chi connectivity index (χ1v) is 38.4. The molecule has 2 N–H and O–H groups in total. The Morgan fingerprint density at radius 1 is 0.647 bits per heavy atom. The van der Waals surface area contributed by atoms with E-state index in [0.29, 0.717) is 9.47 Å². The van der Waals surface area contributed by atoms with E-state index < -0.39 is 7.12 Å². The van der Waals surface area contributed by atoms with Crippen molar-refractivity contribution in [3.05, 3.63) is 0 Å². The van der Waals surface area contributed by atoms with Crippen LogP contribution in [0.3, 0.4) is 0 Å². The van der Waals surface area contributed by atoms with Gasteiger partial charge >= 0.3 is 165 Å². The van der Waals surface area contributed by atoms with Crippen molar-refractivity contribution in [1.82, 2.24) is 0 Å². The molecular weight excluding hydrogens is 1170 g/mol. The fourth-order valence-corrected chi connectivity index (χ4v) is 1.68. The van der Waals surface area contributed by atoms with Crippen LogP contribution in [0.1, 0.15) is 140 Å². The van der Waals surface area contributed by atoms with E-state index in [-0.39, 0.29) is 55.8 Å². The molecule has 11 heteroatoms. The Kier molecular flexibility index (Phi) is 643. The Morgan fingerprint density at radius 3 is 0.735 bits per heavy atom. The molecule has 0 saturated carbocycles. The zero-order chi connectivity index (χ0) is 28.0. The van der Waals surface area contributed by atoms with Gasteiger partial charge in [-0.1, -0.05) is 127 Å². The van der Waals surface area contributed by atoms with Crippen molar-refractivity contribution in [2.24, 2.45) is 0 Å². The van der Waals surface area contributed by atoms with Crippen LogP contribution >= 0.6 is 99.9 Å². The van der Waals surface area contributed by atoms with Crippen molar-refractivity contribution in [1.29, 1.82) is 0 Å². The van der Waals surface area contributed by atoms with Crippen molar-refractivity contribution in [2.75, 3.05) is 0 Å². The molecule has 0 fully saturated rings. The first-order valence-electron chi connectivity index (χ1n) is 11.0. The minimum atomic E-state index is -1.17. The molecule has 0 unspecified atom stereocenters. The third-order valence-electron chi connectivity index (χ3n) is 0.500. The summed E-state index contributed by atoms with van der Waals surface area (Å²) in [6.07, 6.45) is 1.42. The van der Waals surface area contributed by atoms with Crippen LogP contribution in [0.25, 0.3) is 0 Å². The summed E-state index contributed by atoms with van der Waals surface area (Å²) in [5, 5.41) is 15.2. The SMILES string of the molecule is C.C.C.C.CB(O)O.CC.CC.CC.CC.CC.CC.CC.CC[CH2][Sn][CH3].[I][V]([I])[I].[I][V][I]. The summed E-state index contributed by atoms with van der Waals surface area (Å²) in [5.41, 5.74) is 0. The van der Waals surface area contributed by atoms with Crippen molar-refractivity contribution in [3.63, 3.8) is 0 Å². The second kappa shape index (κ2) is 224. The molecule has 2 radical (unpaired) electrons. The molecule has 0 aromatic carbocycles. The van der Waals surface area contributed by atoms with Crippen LogP contribution in [0, 0.1) is 0 Å². The van der Waals surface area contributed by atoms with E-state index in [1.54, 1.807) is 4.44 Å². The molecule has 0 saturated heterocycles. The van der Waals surface area contributed by atoms with E-state index in [1.807, 2.05) is 96.9 Å². The van der Waals surface area contributed by atoms with Crippen molar-refractivity contribution in [3.8, 4) is 0 Å². The zero-order valence-corrected chi connectivity index (χ0v) is 39.6. The molecule has 0 atom stereocenters. The van der Waals surface area contributed by atoms with E-state index in [4.69, 9.17) is 10.0 Å². The van der Waals surface area contributed by atoms with E-state index in [0.717, 1.165) is 0 Å². The van der Waals surface area contributed by atoms with Gasteiger partial charge in [-0.15, -0.1) is 0 Å². The molecule has 0 aromatic heterocycles. The van der Waals surface area contributed by atoms with Crippen LogP contribution in [-0.4, -0.2) is 38.3 Å². The van der Waals surface area contributed by atoms with E-state index in [9.17, 15) is 0 Å². The third-order valence-corrected chi connectivity index (χ3v) is 3.35. The van der Waals surface area contributed by atoms with E-state index in [1.165, 1.54) is 13.2 Å². The Morgan fingerprint density at radius 2 is 0.735 bits per heavy atom. The molecule has 0 rings (SSSR count). The van der Waals surface area contributed by atoms with Gasteiger partial charge in [0.2, 0.25) is 0 Å². The number of rotatable bonds is 2. The second-order valence-corrected chi connectivity index (χ2v) is 52.6. The molecule has 0 aromatic rings. The van der Waals surface area contributed by atoms with Crippen LogP contribution in [0.4, 0.5) is 0 Å². The summed E-state index contributed by atoms with van der Waals surface area (Å²) in [7, 11) is -0.539. The summed E-state index contributed by atoms with van der Waals surface area (Å²) in [5.74, 6) is 0. The molecule has 0 aliphatic heterocycles. The summed E-state index contributed by atoms with van der Waals surface area (Å²) in [6, 6.07) is 0. The number of halogens is 5. The maximum absolute atomic E-state index is 7.61. The van der Waals surface area contributed by atoms with Gasteiger partial charge in [0.25, 0.3) is 0 Å². The molecule has 0 aliphatic carbocycles. The normalized spacial score (nSPS) is 4.74. The standard InChI is InChI=1S/C3H7.7C2H6.CH5BO2.4CH4.CH3.5HI.Sn.2V/c1-3-2;7*1-2;1-2(3)4;;;;;;;;;;;;;/h1,3H2,2H3;7*1-2H3;3-4H,1H3;4*1H4;1H3;5*1H;;;/q;;;;;;;;;;;;;;;;;;;;+2;+3/p-5. The predicted octanol–water partition coefficient (Wildman–Crippen LogP) is 14.8. The van der Waals surface area contributed by atoms with Gasteiger partial charge in [0.1, 0.15) is 0 Å². The van der Waals surface area contributed by atoms with Gasteiger partial charge in [-0.25, -0.2) is 0 Å². The quantitative estimate of drug-likeness (QED) is 0.214. The Labute approximate surface area is 303 Å². The minimum absolute atomic E-state index is 0.